The molecule has 144 valence electrons. The number of carbonyl (C=O) groups excluding carboxylic acids is 1. The molecule has 0 saturated heterocycles. The first-order valence-electron chi connectivity index (χ1n) is 8.96. The van der Waals surface area contributed by atoms with E-state index in [0.29, 0.717) is 12.1 Å². The molecule has 1 atom stereocenters. The van der Waals surface area contributed by atoms with Crippen molar-refractivity contribution in [1.82, 2.24) is 5.32 Å². The van der Waals surface area contributed by atoms with Gasteiger partial charge in [-0.05, 0) is 60.0 Å². The molecule has 3 aromatic carbocycles. The fraction of sp³-hybridized carbons (Fsp3) is 0.182. The molecule has 3 rings (SSSR count). The van der Waals surface area contributed by atoms with Crippen molar-refractivity contribution in [1.29, 1.82) is 0 Å². The minimum absolute atomic E-state index is 0.186. The minimum Gasteiger partial charge on any atom is -0.480 e. The second-order valence-corrected chi connectivity index (χ2v) is 6.60. The van der Waals surface area contributed by atoms with E-state index in [2.05, 4.69) is 10.6 Å². The predicted octanol–water partition coefficient (Wildman–Crippen LogP) is 3.97. The van der Waals surface area contributed by atoms with Crippen LogP contribution in [0, 0.1) is 12.7 Å². The number of hydrogen-bond donors (Lipinski definition) is 3. The van der Waals surface area contributed by atoms with E-state index < -0.39 is 17.9 Å². The molecule has 3 aromatic rings. The summed E-state index contributed by atoms with van der Waals surface area (Å²) >= 11 is 0. The summed E-state index contributed by atoms with van der Waals surface area (Å²) in [4.78, 5) is 24.0. The van der Waals surface area contributed by atoms with E-state index in [-0.39, 0.29) is 12.2 Å². The van der Waals surface area contributed by atoms with Gasteiger partial charge < -0.3 is 15.7 Å². The van der Waals surface area contributed by atoms with E-state index in [1.807, 2.05) is 30.3 Å². The van der Waals surface area contributed by atoms with Gasteiger partial charge in [-0.3, -0.25) is 4.79 Å². The van der Waals surface area contributed by atoms with E-state index in [4.69, 9.17) is 0 Å². The summed E-state index contributed by atoms with van der Waals surface area (Å²) < 4.78 is 13.2. The Bertz CT molecular complexity index is 1020. The van der Waals surface area contributed by atoms with E-state index in [0.717, 1.165) is 22.0 Å². The molecule has 0 radical (unpaired) electrons. The number of carboxylic acid groups (broad SMARTS) is 1. The third-order valence-corrected chi connectivity index (χ3v) is 4.55. The summed E-state index contributed by atoms with van der Waals surface area (Å²) in [5, 5.41) is 17.0. The molecule has 5 nitrogen and oxygen atoms in total. The van der Waals surface area contributed by atoms with Crippen LogP contribution in [-0.4, -0.2) is 29.6 Å². The van der Waals surface area contributed by atoms with Gasteiger partial charge in [0.25, 0.3) is 5.91 Å². The second-order valence-electron chi connectivity index (χ2n) is 6.60. The zero-order valence-corrected chi connectivity index (χ0v) is 15.4. The minimum atomic E-state index is -1.10. The highest BCUT2D eigenvalue weighted by molar-refractivity contribution is 6.00. The summed E-state index contributed by atoms with van der Waals surface area (Å²) in [5.74, 6) is -1.86. The van der Waals surface area contributed by atoms with Crippen molar-refractivity contribution in [2.24, 2.45) is 0 Å². The lowest BCUT2D eigenvalue weighted by Gasteiger charge is -2.16. The van der Waals surface area contributed by atoms with Crippen LogP contribution in [0.3, 0.4) is 0 Å². The molecule has 3 N–H and O–H groups in total. The van der Waals surface area contributed by atoms with Gasteiger partial charge in [-0.1, -0.05) is 30.3 Å². The molecule has 0 fully saturated rings. The number of benzene rings is 3. The Hall–Kier alpha value is -3.41. The topological polar surface area (TPSA) is 78.4 Å². The van der Waals surface area contributed by atoms with Crippen molar-refractivity contribution in [2.75, 3.05) is 11.9 Å². The van der Waals surface area contributed by atoms with Gasteiger partial charge in [0.2, 0.25) is 0 Å². The zero-order valence-electron chi connectivity index (χ0n) is 15.4. The highest BCUT2D eigenvalue weighted by Crippen LogP contribution is 2.17. The average Bonchev–Trinajstić information content (AvgIpc) is 2.68. The van der Waals surface area contributed by atoms with Crippen LogP contribution in [0.15, 0.2) is 60.7 Å². The van der Waals surface area contributed by atoms with Gasteiger partial charge in [0.15, 0.2) is 0 Å². The monoisotopic (exact) mass is 380 g/mol. The highest BCUT2D eigenvalue weighted by Gasteiger charge is 2.20. The van der Waals surface area contributed by atoms with E-state index in [1.165, 1.54) is 12.1 Å². The molecule has 0 aliphatic carbocycles. The van der Waals surface area contributed by atoms with Crippen LogP contribution in [0.1, 0.15) is 22.3 Å². The van der Waals surface area contributed by atoms with Gasteiger partial charge in [-0.2, -0.15) is 0 Å². The van der Waals surface area contributed by atoms with Gasteiger partial charge in [-0.15, -0.1) is 0 Å². The number of amides is 1. The Morgan fingerprint density at radius 3 is 2.50 bits per heavy atom. The molecular formula is C22H21FN2O3. The quantitative estimate of drug-likeness (QED) is 0.579. The van der Waals surface area contributed by atoms with Crippen LogP contribution in [0.5, 0.6) is 0 Å². The Kier molecular flexibility index (Phi) is 5.89. The molecule has 0 aromatic heterocycles. The molecular weight excluding hydrogens is 359 g/mol. The predicted molar refractivity (Wildman–Crippen MR) is 107 cm³/mol. The lowest BCUT2D eigenvalue weighted by Crippen LogP contribution is -2.41. The summed E-state index contributed by atoms with van der Waals surface area (Å²) in [7, 11) is 0. The van der Waals surface area contributed by atoms with Gasteiger partial charge >= 0.3 is 5.97 Å². The summed E-state index contributed by atoms with van der Waals surface area (Å²) in [6.07, 6.45) is 0.186. The first-order chi connectivity index (χ1) is 13.4. The number of carboxylic acids is 1. The fourth-order valence-electron chi connectivity index (χ4n) is 3.01. The molecule has 6 heteroatoms. The Morgan fingerprint density at radius 2 is 1.79 bits per heavy atom. The number of hydrogen-bond acceptors (Lipinski definition) is 3. The maximum Gasteiger partial charge on any atom is 0.326 e. The number of aryl methyl sites for hydroxylation is 1. The lowest BCUT2D eigenvalue weighted by molar-refractivity contribution is -0.139. The molecule has 0 spiro atoms. The molecule has 0 saturated carbocycles. The number of aliphatic carboxylic acids is 1. The van der Waals surface area contributed by atoms with Crippen molar-refractivity contribution in [3.63, 3.8) is 0 Å². The largest absolute Gasteiger partial charge is 0.480 e. The van der Waals surface area contributed by atoms with Gasteiger partial charge in [0, 0.05) is 17.8 Å². The van der Waals surface area contributed by atoms with Crippen LogP contribution < -0.4 is 10.6 Å². The molecule has 0 heterocycles. The molecule has 28 heavy (non-hydrogen) atoms. The average molecular weight is 380 g/mol. The summed E-state index contributed by atoms with van der Waals surface area (Å²) in [5.41, 5.74) is 1.87. The van der Waals surface area contributed by atoms with Crippen molar-refractivity contribution in [3.8, 4) is 0 Å². The first-order valence-corrected chi connectivity index (χ1v) is 8.96. The Balaban J connectivity index is 1.63. The van der Waals surface area contributed by atoms with Crippen molar-refractivity contribution >= 4 is 28.3 Å². The van der Waals surface area contributed by atoms with Crippen molar-refractivity contribution in [3.05, 3.63) is 77.6 Å². The third-order valence-electron chi connectivity index (χ3n) is 4.55. The summed E-state index contributed by atoms with van der Waals surface area (Å²) in [6, 6.07) is 16.2. The molecule has 0 aliphatic rings. The SMILES string of the molecule is Cc1cc(F)ccc1NCCC(NC(=O)c1ccc2ccccc2c1)C(=O)O. The van der Waals surface area contributed by atoms with Crippen molar-refractivity contribution in [2.45, 2.75) is 19.4 Å². The Labute approximate surface area is 162 Å². The number of carbonyl (C=O) groups is 2. The van der Waals surface area contributed by atoms with Crippen LogP contribution in [0.25, 0.3) is 10.8 Å². The van der Waals surface area contributed by atoms with Crippen LogP contribution in [0.2, 0.25) is 0 Å². The highest BCUT2D eigenvalue weighted by atomic mass is 19.1. The number of nitrogens with one attached hydrogen (secondary N) is 2. The molecule has 0 bridgehead atoms. The lowest BCUT2D eigenvalue weighted by atomic mass is 10.1. The smallest absolute Gasteiger partial charge is 0.326 e. The van der Waals surface area contributed by atoms with E-state index in [9.17, 15) is 19.1 Å². The normalized spacial score (nSPS) is 11.8. The number of halogens is 1. The van der Waals surface area contributed by atoms with E-state index >= 15 is 0 Å². The standard InChI is InChI=1S/C22H21FN2O3/c1-14-12-18(23)8-9-19(14)24-11-10-20(22(27)28)25-21(26)17-7-6-15-4-2-3-5-16(15)13-17/h2-9,12-13,20,24H,10-11H2,1H3,(H,25,26)(H,27,28). The maximum absolute atomic E-state index is 13.2. The van der Waals surface area contributed by atoms with Gasteiger partial charge in [0.1, 0.15) is 11.9 Å². The first kappa shape index (κ1) is 19.4. The molecule has 1 amide bonds. The number of anilines is 1. The van der Waals surface area contributed by atoms with E-state index in [1.54, 1.807) is 25.1 Å². The zero-order chi connectivity index (χ0) is 20.1. The van der Waals surface area contributed by atoms with Gasteiger partial charge in [-0.25, -0.2) is 9.18 Å². The van der Waals surface area contributed by atoms with Crippen LogP contribution in [-0.2, 0) is 4.79 Å². The fourth-order valence-corrected chi connectivity index (χ4v) is 3.01. The van der Waals surface area contributed by atoms with Crippen LogP contribution in [0.4, 0.5) is 10.1 Å². The third kappa shape index (κ3) is 4.65. The molecule has 0 aliphatic heterocycles. The maximum atomic E-state index is 13.2. The molecule has 1 unspecified atom stereocenters. The van der Waals surface area contributed by atoms with Crippen LogP contribution >= 0.6 is 0 Å². The summed E-state index contributed by atoms with van der Waals surface area (Å²) in [6.45, 7) is 2.09. The second kappa shape index (κ2) is 8.52. The number of rotatable bonds is 7. The van der Waals surface area contributed by atoms with Gasteiger partial charge in [0.05, 0.1) is 0 Å². The Morgan fingerprint density at radius 1 is 1.04 bits per heavy atom. The van der Waals surface area contributed by atoms with Crippen molar-refractivity contribution < 1.29 is 19.1 Å². The number of fused-ring (bicyclic) bond motifs is 1.